The number of nitrogens with two attached hydrogens (primary N) is 1. The summed E-state index contributed by atoms with van der Waals surface area (Å²) < 4.78 is 0. The number of nitrogens with zero attached hydrogens (tertiary/aromatic N) is 1. The van der Waals surface area contributed by atoms with Crippen LogP contribution in [0.15, 0.2) is 11.6 Å². The van der Waals surface area contributed by atoms with Crippen molar-refractivity contribution in [1.29, 1.82) is 0 Å². The van der Waals surface area contributed by atoms with Gasteiger partial charge >= 0.3 is 0 Å². The zero-order valence-corrected chi connectivity index (χ0v) is 9.01. The Bertz CT molecular complexity index is 274. The first-order valence-electron chi connectivity index (χ1n) is 4.67. The molecule has 0 aliphatic carbocycles. The third-order valence-electron chi connectivity index (χ3n) is 1.79. The molecule has 0 bridgehead atoms. The minimum absolute atomic E-state index is 0.0417. The lowest BCUT2D eigenvalue weighted by Gasteiger charge is -2.08. The maximum atomic E-state index is 11.4. The zero-order valence-electron chi connectivity index (χ0n) is 8.19. The lowest BCUT2D eigenvalue weighted by molar-refractivity contribution is -0.116. The molecule has 0 radical (unpaired) electrons. The van der Waals surface area contributed by atoms with Gasteiger partial charge in [-0.2, -0.15) is 0 Å². The number of carbonyl (C=O) groups excluding carboxylic acids is 1. The van der Waals surface area contributed by atoms with Crippen LogP contribution in [-0.2, 0) is 4.79 Å². The van der Waals surface area contributed by atoms with Gasteiger partial charge in [-0.1, -0.05) is 13.3 Å². The molecule has 0 fully saturated rings. The first-order chi connectivity index (χ1) is 6.72. The quantitative estimate of drug-likeness (QED) is 0.780. The van der Waals surface area contributed by atoms with Crippen molar-refractivity contribution < 1.29 is 4.79 Å². The van der Waals surface area contributed by atoms with Gasteiger partial charge in [0.25, 0.3) is 0 Å². The first kappa shape index (κ1) is 11.1. The summed E-state index contributed by atoms with van der Waals surface area (Å²) in [5, 5.41) is 5.16. The lowest BCUT2D eigenvalue weighted by Crippen LogP contribution is -2.26. The summed E-state index contributed by atoms with van der Waals surface area (Å²) in [6, 6.07) is -0.0417. The molecule has 0 saturated carbocycles. The van der Waals surface area contributed by atoms with E-state index >= 15 is 0 Å². The number of carbonyl (C=O) groups is 1. The van der Waals surface area contributed by atoms with E-state index in [1.165, 1.54) is 11.3 Å². The predicted octanol–water partition coefficient (Wildman–Crippen LogP) is 1.60. The minimum Gasteiger partial charge on any atom is -0.327 e. The van der Waals surface area contributed by atoms with Crippen LogP contribution < -0.4 is 11.1 Å². The molecule has 4 nitrogen and oxygen atoms in total. The molecule has 14 heavy (non-hydrogen) atoms. The van der Waals surface area contributed by atoms with Crippen LogP contribution in [0.25, 0.3) is 0 Å². The van der Waals surface area contributed by atoms with Gasteiger partial charge in [-0.15, -0.1) is 11.3 Å². The Labute approximate surface area is 87.5 Å². The molecule has 1 heterocycles. The fraction of sp³-hybridized carbons (Fsp3) is 0.556. The zero-order chi connectivity index (χ0) is 10.4. The molecule has 1 atom stereocenters. The van der Waals surface area contributed by atoms with Gasteiger partial charge in [0, 0.05) is 24.0 Å². The summed E-state index contributed by atoms with van der Waals surface area (Å²) in [4.78, 5) is 15.3. The number of amides is 1. The minimum atomic E-state index is -0.0547. The highest BCUT2D eigenvalue weighted by Crippen LogP contribution is 2.11. The van der Waals surface area contributed by atoms with Crippen molar-refractivity contribution in [3.8, 4) is 0 Å². The van der Waals surface area contributed by atoms with E-state index in [4.69, 9.17) is 5.73 Å². The molecule has 1 amide bonds. The van der Waals surface area contributed by atoms with Crippen molar-refractivity contribution in [2.45, 2.75) is 32.2 Å². The number of anilines is 1. The van der Waals surface area contributed by atoms with Crippen LogP contribution in [-0.4, -0.2) is 16.9 Å². The Morgan fingerprint density at radius 3 is 3.14 bits per heavy atom. The van der Waals surface area contributed by atoms with Crippen LogP contribution in [0.2, 0.25) is 0 Å². The molecule has 78 valence electrons. The molecule has 0 saturated heterocycles. The number of hydrogen-bond donors (Lipinski definition) is 2. The molecule has 0 aromatic carbocycles. The molecule has 0 aliphatic heterocycles. The fourth-order valence-corrected chi connectivity index (χ4v) is 1.71. The molecular formula is C9H15N3OS. The molecule has 1 aromatic heterocycles. The van der Waals surface area contributed by atoms with Crippen LogP contribution in [0.5, 0.6) is 0 Å². The second kappa shape index (κ2) is 5.72. The standard InChI is InChI=1S/C9H15N3OS/c1-2-3-7(10)6-8(13)12-9-11-4-5-14-9/h4-5,7H,2-3,6,10H2,1H3,(H,11,12,13). The van der Waals surface area contributed by atoms with E-state index < -0.39 is 0 Å². The highest BCUT2D eigenvalue weighted by molar-refractivity contribution is 7.13. The topological polar surface area (TPSA) is 68.0 Å². The van der Waals surface area contributed by atoms with Gasteiger partial charge in [-0.3, -0.25) is 4.79 Å². The van der Waals surface area contributed by atoms with Crippen LogP contribution in [0.4, 0.5) is 5.13 Å². The number of nitrogens with one attached hydrogen (secondary N) is 1. The van der Waals surface area contributed by atoms with Crippen LogP contribution >= 0.6 is 11.3 Å². The molecule has 1 aromatic rings. The van der Waals surface area contributed by atoms with E-state index in [-0.39, 0.29) is 11.9 Å². The Morgan fingerprint density at radius 2 is 2.57 bits per heavy atom. The Morgan fingerprint density at radius 1 is 1.79 bits per heavy atom. The highest BCUT2D eigenvalue weighted by atomic mass is 32.1. The number of hydrogen-bond acceptors (Lipinski definition) is 4. The average molecular weight is 213 g/mol. The SMILES string of the molecule is CCCC(N)CC(=O)Nc1nccs1. The number of thiazole rings is 1. The maximum Gasteiger partial charge on any atom is 0.227 e. The van der Waals surface area contributed by atoms with E-state index in [0.717, 1.165) is 12.8 Å². The Hall–Kier alpha value is -0.940. The molecule has 0 aliphatic rings. The van der Waals surface area contributed by atoms with Gasteiger partial charge < -0.3 is 11.1 Å². The van der Waals surface area contributed by atoms with Gasteiger partial charge in [-0.25, -0.2) is 4.98 Å². The third-order valence-corrected chi connectivity index (χ3v) is 2.47. The number of rotatable bonds is 5. The van der Waals surface area contributed by atoms with E-state index in [0.29, 0.717) is 11.6 Å². The fourth-order valence-electron chi connectivity index (χ4n) is 1.17. The van der Waals surface area contributed by atoms with Crippen molar-refractivity contribution in [2.75, 3.05) is 5.32 Å². The molecule has 5 heteroatoms. The lowest BCUT2D eigenvalue weighted by atomic mass is 10.1. The van der Waals surface area contributed by atoms with E-state index in [2.05, 4.69) is 17.2 Å². The van der Waals surface area contributed by atoms with Crippen molar-refractivity contribution in [3.05, 3.63) is 11.6 Å². The second-order valence-electron chi connectivity index (χ2n) is 3.14. The van der Waals surface area contributed by atoms with Crippen LogP contribution in [0.1, 0.15) is 26.2 Å². The monoisotopic (exact) mass is 213 g/mol. The van der Waals surface area contributed by atoms with Crippen molar-refractivity contribution in [1.82, 2.24) is 4.98 Å². The summed E-state index contributed by atoms with van der Waals surface area (Å²) in [6.07, 6.45) is 3.91. The summed E-state index contributed by atoms with van der Waals surface area (Å²) in [6.45, 7) is 2.05. The van der Waals surface area contributed by atoms with Gasteiger partial charge in [0.15, 0.2) is 5.13 Å². The Kier molecular flexibility index (Phi) is 4.55. The summed E-state index contributed by atoms with van der Waals surface area (Å²) in [7, 11) is 0. The first-order valence-corrected chi connectivity index (χ1v) is 5.55. The van der Waals surface area contributed by atoms with Crippen molar-refractivity contribution in [3.63, 3.8) is 0 Å². The van der Waals surface area contributed by atoms with E-state index in [9.17, 15) is 4.79 Å². The maximum absolute atomic E-state index is 11.4. The second-order valence-corrected chi connectivity index (χ2v) is 4.03. The number of aromatic nitrogens is 1. The van der Waals surface area contributed by atoms with E-state index in [1.807, 2.05) is 5.38 Å². The smallest absolute Gasteiger partial charge is 0.227 e. The van der Waals surface area contributed by atoms with E-state index in [1.54, 1.807) is 6.20 Å². The summed E-state index contributed by atoms with van der Waals surface area (Å²) in [5.74, 6) is -0.0547. The van der Waals surface area contributed by atoms with Crippen molar-refractivity contribution >= 4 is 22.4 Å². The largest absolute Gasteiger partial charge is 0.327 e. The van der Waals surface area contributed by atoms with Crippen LogP contribution in [0.3, 0.4) is 0 Å². The van der Waals surface area contributed by atoms with Crippen LogP contribution in [0, 0.1) is 0 Å². The Balaban J connectivity index is 2.29. The third kappa shape index (κ3) is 3.85. The molecule has 1 rings (SSSR count). The van der Waals surface area contributed by atoms with Gasteiger partial charge in [-0.05, 0) is 6.42 Å². The molecule has 1 unspecified atom stereocenters. The molecular weight excluding hydrogens is 198 g/mol. The predicted molar refractivity (Wildman–Crippen MR) is 58.2 cm³/mol. The highest BCUT2D eigenvalue weighted by Gasteiger charge is 2.09. The summed E-state index contributed by atoms with van der Waals surface area (Å²) in [5.41, 5.74) is 5.74. The van der Waals surface area contributed by atoms with Crippen molar-refractivity contribution in [2.24, 2.45) is 5.73 Å². The summed E-state index contributed by atoms with van der Waals surface area (Å²) >= 11 is 1.41. The average Bonchev–Trinajstić information content (AvgIpc) is 2.56. The molecule has 0 spiro atoms. The normalized spacial score (nSPS) is 12.4. The van der Waals surface area contributed by atoms with Gasteiger partial charge in [0.1, 0.15) is 0 Å². The molecule has 3 N–H and O–H groups in total. The van der Waals surface area contributed by atoms with Gasteiger partial charge in [0.2, 0.25) is 5.91 Å². The van der Waals surface area contributed by atoms with Gasteiger partial charge in [0.05, 0.1) is 0 Å².